The Morgan fingerprint density at radius 3 is 2.88 bits per heavy atom. The fourth-order valence-corrected chi connectivity index (χ4v) is 1.85. The zero-order valence-electron chi connectivity index (χ0n) is 9.26. The van der Waals surface area contributed by atoms with Gasteiger partial charge in [0.25, 0.3) is 5.89 Å². The van der Waals surface area contributed by atoms with Gasteiger partial charge < -0.3 is 14.9 Å². The summed E-state index contributed by atoms with van der Waals surface area (Å²) in [5, 5.41) is 16.8. The maximum atomic E-state index is 9.67. The van der Waals surface area contributed by atoms with Crippen molar-refractivity contribution in [2.75, 3.05) is 13.1 Å². The van der Waals surface area contributed by atoms with Crippen LogP contribution in [0, 0.1) is 5.92 Å². The Labute approximate surface area is 98.5 Å². The van der Waals surface area contributed by atoms with Gasteiger partial charge in [-0.2, -0.15) is 4.98 Å². The van der Waals surface area contributed by atoms with Crippen LogP contribution in [0.3, 0.4) is 0 Å². The molecule has 0 amide bonds. The lowest BCUT2D eigenvalue weighted by Gasteiger charge is -2.25. The van der Waals surface area contributed by atoms with Gasteiger partial charge in [-0.15, -0.1) is 0 Å². The van der Waals surface area contributed by atoms with Crippen molar-refractivity contribution in [2.45, 2.75) is 6.42 Å². The van der Waals surface area contributed by atoms with E-state index in [9.17, 15) is 5.11 Å². The Hall–Kier alpha value is -1.88. The average Bonchev–Trinajstić information content (AvgIpc) is 2.73. The van der Waals surface area contributed by atoms with Crippen LogP contribution in [0.15, 0.2) is 28.8 Å². The van der Waals surface area contributed by atoms with Gasteiger partial charge in [0.15, 0.2) is 5.82 Å². The van der Waals surface area contributed by atoms with Crippen LogP contribution >= 0.6 is 0 Å². The Bertz CT molecular complexity index is 520. The molecule has 5 nitrogen and oxygen atoms in total. The topological polar surface area (TPSA) is 71.2 Å². The van der Waals surface area contributed by atoms with Crippen LogP contribution in [0.1, 0.15) is 5.82 Å². The number of hydrogen-bond acceptors (Lipinski definition) is 5. The lowest BCUT2D eigenvalue weighted by atomic mass is 9.99. The predicted octanol–water partition coefficient (Wildman–Crippen LogP) is 1.20. The minimum Gasteiger partial charge on any atom is -0.507 e. The van der Waals surface area contributed by atoms with Crippen molar-refractivity contribution in [1.29, 1.82) is 0 Å². The number of aromatic nitrogens is 2. The number of hydrogen-bond donors (Lipinski definition) is 2. The summed E-state index contributed by atoms with van der Waals surface area (Å²) in [5.41, 5.74) is 0.581. The fraction of sp³-hybridized carbons (Fsp3) is 0.333. The first-order valence-corrected chi connectivity index (χ1v) is 5.64. The Kier molecular flexibility index (Phi) is 2.53. The van der Waals surface area contributed by atoms with E-state index in [1.54, 1.807) is 18.2 Å². The van der Waals surface area contributed by atoms with E-state index in [0.717, 1.165) is 19.5 Å². The molecule has 2 aromatic rings. The second-order valence-electron chi connectivity index (χ2n) is 4.26. The summed E-state index contributed by atoms with van der Waals surface area (Å²) in [5.74, 6) is 1.85. The quantitative estimate of drug-likeness (QED) is 0.830. The smallest absolute Gasteiger partial charge is 0.261 e. The number of para-hydroxylation sites is 1. The molecule has 1 aromatic carbocycles. The molecule has 17 heavy (non-hydrogen) atoms. The van der Waals surface area contributed by atoms with E-state index in [-0.39, 0.29) is 5.75 Å². The zero-order chi connectivity index (χ0) is 11.7. The highest BCUT2D eigenvalue weighted by Crippen LogP contribution is 2.27. The van der Waals surface area contributed by atoms with Crippen molar-refractivity contribution in [2.24, 2.45) is 5.92 Å². The molecule has 1 aliphatic heterocycles. The highest BCUT2D eigenvalue weighted by atomic mass is 16.5. The van der Waals surface area contributed by atoms with E-state index >= 15 is 0 Å². The maximum absolute atomic E-state index is 9.67. The standard InChI is InChI=1S/C12H13N3O2/c16-10-4-2-1-3-9(10)12-14-11(15-17-12)5-8-6-13-7-8/h1-4,8,13,16H,5-7H2. The third kappa shape index (κ3) is 2.01. The molecular weight excluding hydrogens is 218 g/mol. The number of aromatic hydroxyl groups is 1. The van der Waals surface area contributed by atoms with E-state index in [1.807, 2.05) is 6.07 Å². The molecule has 2 N–H and O–H groups in total. The molecule has 0 bridgehead atoms. The van der Waals surface area contributed by atoms with Crippen LogP contribution in [0.2, 0.25) is 0 Å². The normalized spacial score (nSPS) is 15.8. The third-order valence-electron chi connectivity index (χ3n) is 2.94. The number of nitrogens with one attached hydrogen (secondary N) is 1. The van der Waals surface area contributed by atoms with Gasteiger partial charge in [-0.3, -0.25) is 0 Å². The molecule has 0 unspecified atom stereocenters. The van der Waals surface area contributed by atoms with Crippen molar-refractivity contribution in [3.63, 3.8) is 0 Å². The van der Waals surface area contributed by atoms with E-state index in [0.29, 0.717) is 23.2 Å². The molecule has 2 heterocycles. The van der Waals surface area contributed by atoms with Gasteiger partial charge in [-0.1, -0.05) is 17.3 Å². The molecule has 88 valence electrons. The van der Waals surface area contributed by atoms with E-state index in [4.69, 9.17) is 4.52 Å². The molecule has 1 aromatic heterocycles. The van der Waals surface area contributed by atoms with Crippen molar-refractivity contribution < 1.29 is 9.63 Å². The summed E-state index contributed by atoms with van der Waals surface area (Å²) in [6.07, 6.45) is 0.824. The fourth-order valence-electron chi connectivity index (χ4n) is 1.85. The van der Waals surface area contributed by atoms with Crippen LogP contribution in [-0.2, 0) is 6.42 Å². The second kappa shape index (κ2) is 4.18. The van der Waals surface area contributed by atoms with Crippen molar-refractivity contribution in [3.8, 4) is 17.2 Å². The monoisotopic (exact) mass is 231 g/mol. The average molecular weight is 231 g/mol. The molecule has 5 heteroatoms. The maximum Gasteiger partial charge on any atom is 0.261 e. The number of benzene rings is 1. The Morgan fingerprint density at radius 2 is 2.18 bits per heavy atom. The van der Waals surface area contributed by atoms with Crippen LogP contribution in [-0.4, -0.2) is 28.3 Å². The highest BCUT2D eigenvalue weighted by Gasteiger charge is 2.20. The molecule has 1 fully saturated rings. The van der Waals surface area contributed by atoms with E-state index < -0.39 is 0 Å². The summed E-state index contributed by atoms with van der Waals surface area (Å²) >= 11 is 0. The van der Waals surface area contributed by atoms with E-state index in [1.165, 1.54) is 0 Å². The van der Waals surface area contributed by atoms with Crippen LogP contribution in [0.4, 0.5) is 0 Å². The second-order valence-corrected chi connectivity index (χ2v) is 4.26. The molecule has 0 saturated carbocycles. The number of phenolic OH excluding ortho intramolecular Hbond substituents is 1. The minimum atomic E-state index is 0.160. The summed E-state index contributed by atoms with van der Waals surface area (Å²) in [6, 6.07) is 6.96. The van der Waals surface area contributed by atoms with Crippen LogP contribution in [0.25, 0.3) is 11.5 Å². The number of nitrogens with zero attached hydrogens (tertiary/aromatic N) is 2. The summed E-state index contributed by atoms with van der Waals surface area (Å²) in [6.45, 7) is 2.03. The first kappa shape index (κ1) is 10.3. The van der Waals surface area contributed by atoms with E-state index in [2.05, 4.69) is 15.5 Å². The highest BCUT2D eigenvalue weighted by molar-refractivity contribution is 5.61. The first-order valence-electron chi connectivity index (χ1n) is 5.64. The lowest BCUT2D eigenvalue weighted by molar-refractivity contribution is 0.333. The third-order valence-corrected chi connectivity index (χ3v) is 2.94. The summed E-state index contributed by atoms with van der Waals surface area (Å²) in [7, 11) is 0. The Morgan fingerprint density at radius 1 is 1.35 bits per heavy atom. The molecular formula is C12H13N3O2. The van der Waals surface area contributed by atoms with Crippen molar-refractivity contribution >= 4 is 0 Å². The molecule has 1 aliphatic rings. The van der Waals surface area contributed by atoms with Crippen LogP contribution in [0.5, 0.6) is 5.75 Å². The summed E-state index contributed by atoms with van der Waals surface area (Å²) in [4.78, 5) is 4.30. The van der Waals surface area contributed by atoms with Crippen molar-refractivity contribution in [1.82, 2.24) is 15.5 Å². The first-order chi connectivity index (χ1) is 8.33. The number of rotatable bonds is 3. The summed E-state index contributed by atoms with van der Waals surface area (Å²) < 4.78 is 5.16. The largest absolute Gasteiger partial charge is 0.507 e. The zero-order valence-corrected chi connectivity index (χ0v) is 9.26. The lowest BCUT2D eigenvalue weighted by Crippen LogP contribution is -2.43. The van der Waals surface area contributed by atoms with Crippen LogP contribution < -0.4 is 5.32 Å². The molecule has 1 saturated heterocycles. The van der Waals surface area contributed by atoms with Gasteiger partial charge in [0.1, 0.15) is 5.75 Å². The molecule has 0 aliphatic carbocycles. The predicted molar refractivity (Wildman–Crippen MR) is 61.5 cm³/mol. The molecule has 0 spiro atoms. The van der Waals surface area contributed by atoms with Gasteiger partial charge in [0.2, 0.25) is 0 Å². The molecule has 3 rings (SSSR count). The SMILES string of the molecule is Oc1ccccc1-c1nc(CC2CNC2)no1. The van der Waals surface area contributed by atoms with Crippen molar-refractivity contribution in [3.05, 3.63) is 30.1 Å². The molecule has 0 radical (unpaired) electrons. The minimum absolute atomic E-state index is 0.160. The van der Waals surface area contributed by atoms with Gasteiger partial charge in [0.05, 0.1) is 5.56 Å². The molecule has 0 atom stereocenters. The van der Waals surface area contributed by atoms with Gasteiger partial charge in [-0.05, 0) is 31.1 Å². The van der Waals surface area contributed by atoms with Gasteiger partial charge in [-0.25, -0.2) is 0 Å². The van der Waals surface area contributed by atoms with Gasteiger partial charge in [0, 0.05) is 6.42 Å². The number of phenols is 1. The Balaban J connectivity index is 1.82. The van der Waals surface area contributed by atoms with Gasteiger partial charge >= 0.3 is 0 Å².